The Morgan fingerprint density at radius 1 is 1.17 bits per heavy atom. The summed E-state index contributed by atoms with van der Waals surface area (Å²) >= 11 is 0. The molecule has 1 aliphatic carbocycles. The van der Waals surface area contributed by atoms with Gasteiger partial charge in [-0.1, -0.05) is 43.2 Å². The van der Waals surface area contributed by atoms with E-state index in [2.05, 4.69) is 25.8 Å². The van der Waals surface area contributed by atoms with Crippen molar-refractivity contribution in [1.29, 1.82) is 5.41 Å². The standard InChI is InChI=1S/C21H21N7O2/c22-18(27-30)12-16(23-15-8-4-5-9-15)20(29)25-19-10-11-28-13-17(24-21(28)26-19)14-6-2-1-3-7-14/h1-3,6-7,10-13,15,22-23H,4-5,8-9H2,(H,24,25,26,29)/b16-12-,22-18?. The van der Waals surface area contributed by atoms with E-state index in [1.807, 2.05) is 36.5 Å². The Bertz CT molecular complexity index is 1110. The number of hydrogen-bond acceptors (Lipinski definition) is 6. The summed E-state index contributed by atoms with van der Waals surface area (Å²) in [5.74, 6) is -0.234. The van der Waals surface area contributed by atoms with Crippen LogP contribution in [0.5, 0.6) is 0 Å². The highest BCUT2D eigenvalue weighted by Crippen LogP contribution is 2.20. The molecule has 1 saturated carbocycles. The molecule has 0 spiro atoms. The lowest BCUT2D eigenvalue weighted by atomic mass is 10.2. The van der Waals surface area contributed by atoms with Crippen LogP contribution < -0.4 is 10.6 Å². The monoisotopic (exact) mass is 403 g/mol. The normalized spacial score (nSPS) is 14.6. The number of nitrogens with one attached hydrogen (secondary N) is 3. The van der Waals surface area contributed by atoms with Gasteiger partial charge in [-0.25, -0.2) is 4.98 Å². The molecule has 1 amide bonds. The Kier molecular flexibility index (Phi) is 5.60. The van der Waals surface area contributed by atoms with Gasteiger partial charge in [-0.05, 0) is 24.1 Å². The second kappa shape index (κ2) is 8.64. The van der Waals surface area contributed by atoms with Crippen LogP contribution in [0.2, 0.25) is 0 Å². The third-order valence-electron chi connectivity index (χ3n) is 4.98. The Labute approximate surface area is 172 Å². The van der Waals surface area contributed by atoms with Crippen LogP contribution in [0, 0.1) is 10.3 Å². The number of aromatic nitrogens is 3. The van der Waals surface area contributed by atoms with Crippen molar-refractivity contribution < 1.29 is 4.79 Å². The van der Waals surface area contributed by atoms with Crippen LogP contribution in [0.4, 0.5) is 5.82 Å². The van der Waals surface area contributed by atoms with Gasteiger partial charge in [0.15, 0.2) is 5.84 Å². The zero-order valence-corrected chi connectivity index (χ0v) is 16.2. The molecule has 3 aromatic rings. The molecule has 9 heteroatoms. The van der Waals surface area contributed by atoms with Crippen molar-refractivity contribution in [2.45, 2.75) is 31.7 Å². The number of imidazole rings is 1. The van der Waals surface area contributed by atoms with E-state index in [0.717, 1.165) is 43.0 Å². The number of carbonyl (C=O) groups is 1. The maximum atomic E-state index is 12.8. The maximum Gasteiger partial charge on any atom is 0.273 e. The first-order valence-electron chi connectivity index (χ1n) is 9.75. The summed E-state index contributed by atoms with van der Waals surface area (Å²) in [6, 6.07) is 11.6. The smallest absolute Gasteiger partial charge is 0.273 e. The first-order valence-corrected chi connectivity index (χ1v) is 9.75. The first-order chi connectivity index (χ1) is 14.6. The molecular formula is C21H21N7O2. The molecule has 0 bridgehead atoms. The fourth-order valence-electron chi connectivity index (χ4n) is 3.50. The SMILES string of the molecule is N=C(/C=C(\NC1CCCC1)C(=O)Nc1ccn2cc(-c3ccccc3)nc2n1)N=O. The van der Waals surface area contributed by atoms with Gasteiger partial charge in [0.05, 0.1) is 5.69 Å². The molecule has 0 saturated heterocycles. The van der Waals surface area contributed by atoms with Crippen molar-refractivity contribution in [3.05, 3.63) is 65.5 Å². The highest BCUT2D eigenvalue weighted by Gasteiger charge is 2.20. The Balaban J connectivity index is 1.55. The summed E-state index contributed by atoms with van der Waals surface area (Å²) in [6.07, 6.45) is 8.81. The molecule has 2 heterocycles. The minimum atomic E-state index is -0.519. The number of anilines is 1. The van der Waals surface area contributed by atoms with E-state index in [1.54, 1.807) is 16.7 Å². The van der Waals surface area contributed by atoms with E-state index in [-0.39, 0.29) is 11.7 Å². The summed E-state index contributed by atoms with van der Waals surface area (Å²) in [4.78, 5) is 32.3. The van der Waals surface area contributed by atoms with Gasteiger partial charge in [-0.15, -0.1) is 4.91 Å². The minimum Gasteiger partial charge on any atom is -0.378 e. The van der Waals surface area contributed by atoms with Gasteiger partial charge in [0.1, 0.15) is 11.5 Å². The average Bonchev–Trinajstić information content (AvgIpc) is 3.43. The van der Waals surface area contributed by atoms with Crippen LogP contribution in [0.3, 0.4) is 0 Å². The third kappa shape index (κ3) is 4.40. The third-order valence-corrected chi connectivity index (χ3v) is 4.98. The van der Waals surface area contributed by atoms with Gasteiger partial charge in [0.25, 0.3) is 5.91 Å². The molecule has 1 aliphatic rings. The summed E-state index contributed by atoms with van der Waals surface area (Å²) < 4.78 is 1.78. The lowest BCUT2D eigenvalue weighted by Gasteiger charge is -2.16. The second-order valence-corrected chi connectivity index (χ2v) is 7.13. The van der Waals surface area contributed by atoms with Gasteiger partial charge in [-0.2, -0.15) is 4.98 Å². The van der Waals surface area contributed by atoms with Crippen LogP contribution in [-0.4, -0.2) is 32.2 Å². The van der Waals surface area contributed by atoms with Crippen molar-refractivity contribution in [2.24, 2.45) is 5.18 Å². The second-order valence-electron chi connectivity index (χ2n) is 7.13. The largest absolute Gasteiger partial charge is 0.378 e. The number of hydrogen-bond donors (Lipinski definition) is 3. The number of fused-ring (bicyclic) bond motifs is 1. The molecule has 0 aliphatic heterocycles. The van der Waals surface area contributed by atoms with E-state index in [4.69, 9.17) is 5.41 Å². The molecule has 30 heavy (non-hydrogen) atoms. The van der Waals surface area contributed by atoms with E-state index in [9.17, 15) is 9.70 Å². The number of amidine groups is 1. The number of benzene rings is 1. The van der Waals surface area contributed by atoms with E-state index in [0.29, 0.717) is 11.6 Å². The van der Waals surface area contributed by atoms with Crippen molar-refractivity contribution >= 4 is 23.3 Å². The van der Waals surface area contributed by atoms with Crippen molar-refractivity contribution in [1.82, 2.24) is 19.7 Å². The summed E-state index contributed by atoms with van der Waals surface area (Å²) in [6.45, 7) is 0. The lowest BCUT2D eigenvalue weighted by Crippen LogP contribution is -2.33. The quantitative estimate of drug-likeness (QED) is 0.251. The number of nitroso groups, excluding NO2 is 1. The van der Waals surface area contributed by atoms with Gasteiger partial charge < -0.3 is 10.6 Å². The van der Waals surface area contributed by atoms with Crippen molar-refractivity contribution in [2.75, 3.05) is 5.32 Å². The molecular weight excluding hydrogens is 382 g/mol. The molecule has 0 unspecified atom stereocenters. The summed E-state index contributed by atoms with van der Waals surface area (Å²) in [5.41, 5.74) is 1.88. The Hall–Kier alpha value is -3.88. The van der Waals surface area contributed by atoms with Gasteiger partial charge in [0.2, 0.25) is 5.78 Å². The van der Waals surface area contributed by atoms with Gasteiger partial charge >= 0.3 is 0 Å². The number of carbonyl (C=O) groups excluding carboxylic acids is 1. The zero-order valence-electron chi connectivity index (χ0n) is 16.2. The molecule has 0 radical (unpaired) electrons. The molecule has 0 atom stereocenters. The summed E-state index contributed by atoms with van der Waals surface area (Å²) in [5, 5.41) is 15.9. The Morgan fingerprint density at radius 2 is 1.93 bits per heavy atom. The van der Waals surface area contributed by atoms with E-state index < -0.39 is 11.7 Å². The average molecular weight is 403 g/mol. The predicted molar refractivity (Wildman–Crippen MR) is 114 cm³/mol. The molecule has 4 rings (SSSR count). The van der Waals surface area contributed by atoms with Crippen LogP contribution in [0.1, 0.15) is 25.7 Å². The molecule has 3 N–H and O–H groups in total. The van der Waals surface area contributed by atoms with Gasteiger partial charge in [0, 0.05) is 30.1 Å². The summed E-state index contributed by atoms with van der Waals surface area (Å²) in [7, 11) is 0. The molecule has 152 valence electrons. The van der Waals surface area contributed by atoms with Crippen LogP contribution in [-0.2, 0) is 4.79 Å². The lowest BCUT2D eigenvalue weighted by molar-refractivity contribution is -0.113. The van der Waals surface area contributed by atoms with Crippen LogP contribution in [0.25, 0.3) is 17.0 Å². The van der Waals surface area contributed by atoms with Crippen molar-refractivity contribution in [3.8, 4) is 11.3 Å². The highest BCUT2D eigenvalue weighted by atomic mass is 16.3. The molecule has 1 fully saturated rings. The predicted octanol–water partition coefficient (Wildman–Crippen LogP) is 3.49. The zero-order chi connectivity index (χ0) is 20.9. The minimum absolute atomic E-state index is 0.126. The Morgan fingerprint density at radius 3 is 2.67 bits per heavy atom. The van der Waals surface area contributed by atoms with Gasteiger partial charge in [-0.3, -0.25) is 14.6 Å². The topological polar surface area (TPSA) is 125 Å². The van der Waals surface area contributed by atoms with Crippen molar-refractivity contribution in [3.63, 3.8) is 0 Å². The van der Waals surface area contributed by atoms with E-state index in [1.165, 1.54) is 0 Å². The molecule has 1 aromatic carbocycles. The van der Waals surface area contributed by atoms with Crippen LogP contribution >= 0.6 is 0 Å². The van der Waals surface area contributed by atoms with E-state index >= 15 is 0 Å². The number of rotatable bonds is 6. The number of nitrogens with zero attached hydrogens (tertiary/aromatic N) is 4. The molecule has 9 nitrogen and oxygen atoms in total. The first kappa shape index (κ1) is 19.4. The fourth-order valence-corrected chi connectivity index (χ4v) is 3.50. The fraction of sp³-hybridized carbons (Fsp3) is 0.238. The maximum absolute atomic E-state index is 12.8. The highest BCUT2D eigenvalue weighted by molar-refractivity contribution is 6.07. The van der Waals surface area contributed by atoms with Crippen LogP contribution in [0.15, 0.2) is 65.7 Å². The number of amides is 1. The molecule has 2 aromatic heterocycles.